The van der Waals surface area contributed by atoms with E-state index in [1.165, 1.54) is 21.0 Å². The van der Waals surface area contributed by atoms with Crippen LogP contribution in [0.2, 0.25) is 0 Å². The summed E-state index contributed by atoms with van der Waals surface area (Å²) < 4.78 is 28.2. The van der Waals surface area contributed by atoms with Gasteiger partial charge in [-0.1, -0.05) is 12.1 Å². The molecule has 0 aromatic heterocycles. The molecule has 0 aliphatic carbocycles. The van der Waals surface area contributed by atoms with E-state index in [0.717, 1.165) is 0 Å². The second kappa shape index (κ2) is 7.04. The first-order chi connectivity index (χ1) is 13.8. The molecule has 0 spiro atoms. The van der Waals surface area contributed by atoms with Gasteiger partial charge in [-0.25, -0.2) is 0 Å². The zero-order chi connectivity index (χ0) is 20.9. The number of rotatable bonds is 3. The van der Waals surface area contributed by atoms with Crippen LogP contribution in [0.3, 0.4) is 0 Å². The number of carbonyl (C=O) groups excluding carboxylic acids is 3. The molecule has 152 valence electrons. The van der Waals surface area contributed by atoms with Crippen LogP contribution in [-0.4, -0.2) is 31.1 Å². The number of benzene rings is 2. The van der Waals surface area contributed by atoms with Crippen LogP contribution in [0.25, 0.3) is 10.8 Å². The Kier molecular flexibility index (Phi) is 4.66. The SMILES string of the molecule is COc1cccc2c(OC(C)=O)c3c(c(OC(C)=O)c12)[C@H](C)O[C@@H]1CC(=O)O[C@H]31. The molecule has 2 aromatic rings. The third-order valence-corrected chi connectivity index (χ3v) is 5.02. The van der Waals surface area contributed by atoms with Gasteiger partial charge in [0, 0.05) is 30.4 Å². The molecule has 8 heteroatoms. The highest BCUT2D eigenvalue weighted by molar-refractivity contribution is 6.02. The van der Waals surface area contributed by atoms with E-state index in [1.54, 1.807) is 25.1 Å². The summed E-state index contributed by atoms with van der Waals surface area (Å²) in [6, 6.07) is 5.18. The minimum absolute atomic E-state index is 0.0903. The summed E-state index contributed by atoms with van der Waals surface area (Å²) in [6.45, 7) is 4.36. The van der Waals surface area contributed by atoms with E-state index >= 15 is 0 Å². The Morgan fingerprint density at radius 2 is 1.76 bits per heavy atom. The van der Waals surface area contributed by atoms with E-state index in [1.807, 2.05) is 0 Å². The maximum atomic E-state index is 12.0. The molecule has 2 heterocycles. The average molecular weight is 400 g/mol. The predicted molar refractivity (Wildman–Crippen MR) is 99.9 cm³/mol. The van der Waals surface area contributed by atoms with Crippen molar-refractivity contribution < 1.29 is 38.1 Å². The number of hydrogen-bond acceptors (Lipinski definition) is 8. The van der Waals surface area contributed by atoms with Crippen molar-refractivity contribution in [3.63, 3.8) is 0 Å². The van der Waals surface area contributed by atoms with Gasteiger partial charge in [0.2, 0.25) is 0 Å². The molecule has 0 unspecified atom stereocenters. The van der Waals surface area contributed by atoms with Gasteiger partial charge in [0.15, 0.2) is 6.10 Å². The molecule has 4 rings (SSSR count). The lowest BCUT2D eigenvalue weighted by Gasteiger charge is -2.34. The molecule has 2 aliphatic heterocycles. The van der Waals surface area contributed by atoms with Crippen molar-refractivity contribution in [2.24, 2.45) is 0 Å². The molecule has 0 N–H and O–H groups in total. The highest BCUT2D eigenvalue weighted by Gasteiger charge is 2.47. The average Bonchev–Trinajstić information content (AvgIpc) is 3.02. The van der Waals surface area contributed by atoms with E-state index in [4.69, 9.17) is 23.7 Å². The minimum atomic E-state index is -0.770. The Hall–Kier alpha value is -3.13. The van der Waals surface area contributed by atoms with Gasteiger partial charge >= 0.3 is 17.9 Å². The lowest BCUT2D eigenvalue weighted by Crippen LogP contribution is -2.28. The molecular formula is C21H20O8. The van der Waals surface area contributed by atoms with Gasteiger partial charge in [-0.3, -0.25) is 14.4 Å². The molecule has 8 nitrogen and oxygen atoms in total. The summed E-state index contributed by atoms with van der Waals surface area (Å²) in [6.07, 6.45) is -1.74. The van der Waals surface area contributed by atoms with E-state index in [0.29, 0.717) is 27.6 Å². The van der Waals surface area contributed by atoms with Crippen molar-refractivity contribution in [2.45, 2.75) is 45.5 Å². The maximum absolute atomic E-state index is 12.0. The third kappa shape index (κ3) is 3.09. The minimum Gasteiger partial charge on any atom is -0.496 e. The zero-order valence-electron chi connectivity index (χ0n) is 16.4. The smallest absolute Gasteiger partial charge is 0.309 e. The molecular weight excluding hydrogens is 380 g/mol. The fourth-order valence-corrected chi connectivity index (χ4v) is 4.07. The second-order valence-corrected chi connectivity index (χ2v) is 6.99. The van der Waals surface area contributed by atoms with E-state index < -0.39 is 36.2 Å². The van der Waals surface area contributed by atoms with Crippen LogP contribution in [0.5, 0.6) is 17.2 Å². The lowest BCUT2D eigenvalue weighted by atomic mass is 9.87. The summed E-state index contributed by atoms with van der Waals surface area (Å²) in [7, 11) is 1.49. The highest BCUT2D eigenvalue weighted by atomic mass is 16.6. The van der Waals surface area contributed by atoms with Crippen LogP contribution in [0.1, 0.15) is 50.5 Å². The first-order valence-electron chi connectivity index (χ1n) is 9.20. The largest absolute Gasteiger partial charge is 0.496 e. The van der Waals surface area contributed by atoms with Crippen LogP contribution in [0.15, 0.2) is 18.2 Å². The Bertz CT molecular complexity index is 1040. The number of fused-ring (bicyclic) bond motifs is 4. The van der Waals surface area contributed by atoms with Crippen LogP contribution in [0, 0.1) is 0 Å². The molecule has 2 aromatic carbocycles. The van der Waals surface area contributed by atoms with Crippen molar-refractivity contribution in [1.29, 1.82) is 0 Å². The Labute approximate surface area is 166 Å². The van der Waals surface area contributed by atoms with Gasteiger partial charge in [-0.15, -0.1) is 0 Å². The van der Waals surface area contributed by atoms with Gasteiger partial charge < -0.3 is 23.7 Å². The molecule has 0 bridgehead atoms. The predicted octanol–water partition coefficient (Wildman–Crippen LogP) is 3.15. The summed E-state index contributed by atoms with van der Waals surface area (Å²) in [5.74, 6) is -0.544. The van der Waals surface area contributed by atoms with Gasteiger partial charge in [-0.2, -0.15) is 0 Å². The van der Waals surface area contributed by atoms with Gasteiger partial charge in [0.25, 0.3) is 0 Å². The summed E-state index contributed by atoms with van der Waals surface area (Å²) >= 11 is 0. The van der Waals surface area contributed by atoms with Crippen molar-refractivity contribution in [3.05, 3.63) is 29.3 Å². The summed E-state index contributed by atoms with van der Waals surface area (Å²) in [5.41, 5.74) is 0.969. The van der Waals surface area contributed by atoms with Crippen LogP contribution in [-0.2, 0) is 23.9 Å². The molecule has 0 amide bonds. The molecule has 0 radical (unpaired) electrons. The lowest BCUT2D eigenvalue weighted by molar-refractivity contribution is -0.143. The maximum Gasteiger partial charge on any atom is 0.309 e. The van der Waals surface area contributed by atoms with Crippen molar-refractivity contribution in [1.82, 2.24) is 0 Å². The monoisotopic (exact) mass is 400 g/mol. The Balaban J connectivity index is 2.15. The number of methoxy groups -OCH3 is 1. The molecule has 2 aliphatic rings. The molecule has 29 heavy (non-hydrogen) atoms. The van der Waals surface area contributed by atoms with E-state index in [-0.39, 0.29) is 17.9 Å². The van der Waals surface area contributed by atoms with Crippen molar-refractivity contribution in [2.75, 3.05) is 7.11 Å². The summed E-state index contributed by atoms with van der Waals surface area (Å²) in [4.78, 5) is 35.8. The number of ether oxygens (including phenoxy) is 5. The number of esters is 3. The van der Waals surface area contributed by atoms with Crippen molar-refractivity contribution >= 4 is 28.7 Å². The number of carbonyl (C=O) groups is 3. The molecule has 1 fully saturated rings. The fraction of sp³-hybridized carbons (Fsp3) is 0.381. The Morgan fingerprint density at radius 3 is 2.41 bits per heavy atom. The third-order valence-electron chi connectivity index (χ3n) is 5.02. The van der Waals surface area contributed by atoms with Crippen molar-refractivity contribution in [3.8, 4) is 17.2 Å². The van der Waals surface area contributed by atoms with E-state index in [9.17, 15) is 14.4 Å². The van der Waals surface area contributed by atoms with E-state index in [2.05, 4.69) is 0 Å². The van der Waals surface area contributed by atoms with Gasteiger partial charge in [0.05, 0.1) is 25.0 Å². The summed E-state index contributed by atoms with van der Waals surface area (Å²) in [5, 5.41) is 0.976. The first kappa shape index (κ1) is 19.2. The Morgan fingerprint density at radius 1 is 1.07 bits per heavy atom. The normalized spacial score (nSPS) is 22.5. The van der Waals surface area contributed by atoms with Gasteiger partial charge in [-0.05, 0) is 13.0 Å². The van der Waals surface area contributed by atoms with Gasteiger partial charge in [0.1, 0.15) is 23.4 Å². The topological polar surface area (TPSA) is 97.4 Å². The first-order valence-corrected chi connectivity index (χ1v) is 9.20. The molecule has 1 saturated heterocycles. The van der Waals surface area contributed by atoms with Crippen LogP contribution < -0.4 is 14.2 Å². The zero-order valence-corrected chi connectivity index (χ0v) is 16.4. The number of hydrogen-bond donors (Lipinski definition) is 0. The second-order valence-electron chi connectivity index (χ2n) is 6.99. The van der Waals surface area contributed by atoms with Crippen LogP contribution in [0.4, 0.5) is 0 Å². The molecule has 3 atom stereocenters. The quantitative estimate of drug-likeness (QED) is 0.573. The highest BCUT2D eigenvalue weighted by Crippen LogP contribution is 2.55. The standard InChI is InChI=1S/C21H20O8/c1-9-16-18(20-14(26-9)8-15(24)29-20)19(27-10(2)22)12-6-5-7-13(25-4)17(12)21(16)28-11(3)23/h5-7,9,14,20H,8H2,1-4H3/t9-,14+,20-/m0/s1. The fourth-order valence-electron chi connectivity index (χ4n) is 4.07. The molecule has 0 saturated carbocycles. The van der Waals surface area contributed by atoms with Crippen LogP contribution >= 0.6 is 0 Å².